The van der Waals surface area contributed by atoms with Crippen molar-refractivity contribution in [2.45, 2.75) is 20.3 Å². The SMILES string of the molecule is Cc1ccc(C2=Nc3ccccc3N=C(SCC(=O)Nc3cc(Cl)ccc3C)C2)cc1. The van der Waals surface area contributed by atoms with E-state index in [2.05, 4.69) is 36.5 Å². The fraction of sp³-hybridized carbons (Fsp3) is 0.160. The lowest BCUT2D eigenvalue weighted by atomic mass is 10.1. The molecule has 0 bridgehead atoms. The van der Waals surface area contributed by atoms with Crippen LogP contribution in [0.3, 0.4) is 0 Å². The number of rotatable bonds is 4. The van der Waals surface area contributed by atoms with Gasteiger partial charge in [0.05, 0.1) is 27.9 Å². The first kappa shape index (κ1) is 21.3. The van der Waals surface area contributed by atoms with Gasteiger partial charge in [0, 0.05) is 17.1 Å². The number of hydrogen-bond acceptors (Lipinski definition) is 4. The molecule has 3 aromatic carbocycles. The maximum atomic E-state index is 12.6. The molecule has 1 aliphatic rings. The van der Waals surface area contributed by atoms with Crippen LogP contribution in [0.25, 0.3) is 0 Å². The molecule has 3 aromatic rings. The molecular weight excluding hydrogens is 426 g/mol. The van der Waals surface area contributed by atoms with E-state index in [1.165, 1.54) is 17.3 Å². The summed E-state index contributed by atoms with van der Waals surface area (Å²) >= 11 is 7.50. The first-order chi connectivity index (χ1) is 15.0. The highest BCUT2D eigenvalue weighted by atomic mass is 35.5. The number of para-hydroxylation sites is 2. The van der Waals surface area contributed by atoms with Gasteiger partial charge in [-0.15, -0.1) is 11.8 Å². The number of aliphatic imine (C=N–C) groups is 2. The molecule has 31 heavy (non-hydrogen) atoms. The van der Waals surface area contributed by atoms with Gasteiger partial charge in [-0.1, -0.05) is 59.6 Å². The Morgan fingerprint density at radius 1 is 1.00 bits per heavy atom. The van der Waals surface area contributed by atoms with Crippen LogP contribution in [0, 0.1) is 13.8 Å². The number of fused-ring (bicyclic) bond motifs is 1. The van der Waals surface area contributed by atoms with Gasteiger partial charge in [-0.05, 0) is 49.2 Å². The fourth-order valence-electron chi connectivity index (χ4n) is 3.22. The lowest BCUT2D eigenvalue weighted by molar-refractivity contribution is -0.113. The number of carbonyl (C=O) groups is 1. The highest BCUT2D eigenvalue weighted by Gasteiger charge is 2.17. The van der Waals surface area contributed by atoms with Crippen LogP contribution in [-0.2, 0) is 4.79 Å². The average molecular weight is 448 g/mol. The van der Waals surface area contributed by atoms with Crippen molar-refractivity contribution in [2.75, 3.05) is 11.1 Å². The van der Waals surface area contributed by atoms with E-state index >= 15 is 0 Å². The number of hydrogen-bond donors (Lipinski definition) is 1. The molecule has 0 atom stereocenters. The second-order valence-electron chi connectivity index (χ2n) is 7.39. The van der Waals surface area contributed by atoms with Crippen molar-refractivity contribution in [3.63, 3.8) is 0 Å². The number of nitrogens with zero attached hydrogens (tertiary/aromatic N) is 2. The number of anilines is 1. The quantitative estimate of drug-likeness (QED) is 0.473. The number of amides is 1. The zero-order valence-corrected chi connectivity index (χ0v) is 18.9. The van der Waals surface area contributed by atoms with E-state index in [1.54, 1.807) is 6.07 Å². The van der Waals surface area contributed by atoms with Crippen LogP contribution >= 0.6 is 23.4 Å². The van der Waals surface area contributed by atoms with E-state index in [0.29, 0.717) is 11.4 Å². The summed E-state index contributed by atoms with van der Waals surface area (Å²) in [5.74, 6) is 0.165. The van der Waals surface area contributed by atoms with Gasteiger partial charge in [0.25, 0.3) is 0 Å². The summed E-state index contributed by atoms with van der Waals surface area (Å²) in [4.78, 5) is 22.3. The number of thioether (sulfide) groups is 1. The number of aryl methyl sites for hydroxylation is 2. The molecule has 0 unspecified atom stereocenters. The third kappa shape index (κ3) is 5.43. The lowest BCUT2D eigenvalue weighted by Crippen LogP contribution is -2.17. The van der Waals surface area contributed by atoms with Crippen molar-refractivity contribution in [2.24, 2.45) is 9.98 Å². The van der Waals surface area contributed by atoms with Gasteiger partial charge in [-0.25, -0.2) is 4.99 Å². The van der Waals surface area contributed by atoms with E-state index in [1.807, 2.05) is 43.3 Å². The van der Waals surface area contributed by atoms with Crippen molar-refractivity contribution in [3.05, 3.63) is 88.4 Å². The third-order valence-corrected chi connectivity index (χ3v) is 6.14. The van der Waals surface area contributed by atoms with Crippen LogP contribution in [-0.4, -0.2) is 22.4 Å². The summed E-state index contributed by atoms with van der Waals surface area (Å²) in [5.41, 5.74) is 6.57. The highest BCUT2D eigenvalue weighted by Crippen LogP contribution is 2.33. The zero-order valence-electron chi connectivity index (χ0n) is 17.4. The van der Waals surface area contributed by atoms with Gasteiger partial charge < -0.3 is 5.32 Å². The van der Waals surface area contributed by atoms with Gasteiger partial charge in [0.15, 0.2) is 0 Å². The molecule has 0 spiro atoms. The molecule has 0 fully saturated rings. The predicted octanol–water partition coefficient (Wildman–Crippen LogP) is 6.88. The molecule has 0 aliphatic carbocycles. The minimum Gasteiger partial charge on any atom is -0.325 e. The Hall–Kier alpha value is -2.89. The van der Waals surface area contributed by atoms with Crippen molar-refractivity contribution >= 4 is 57.1 Å². The van der Waals surface area contributed by atoms with Gasteiger partial charge in [0.2, 0.25) is 5.91 Å². The summed E-state index contributed by atoms with van der Waals surface area (Å²) < 4.78 is 0. The standard InChI is InChI=1S/C25H22ClN3OS/c1-16-7-10-18(11-8-16)23-14-25(29-21-6-4-3-5-20(21)27-23)31-15-24(30)28-22-13-19(26)12-9-17(22)2/h3-13H,14-15H2,1-2H3,(H,28,30). The minimum atomic E-state index is -0.0931. The van der Waals surface area contributed by atoms with E-state index in [9.17, 15) is 4.79 Å². The molecule has 6 heteroatoms. The fourth-order valence-corrected chi connectivity index (χ4v) is 4.16. The molecule has 1 N–H and O–H groups in total. The van der Waals surface area contributed by atoms with Crippen LogP contribution in [0.4, 0.5) is 17.1 Å². The molecule has 1 heterocycles. The van der Waals surface area contributed by atoms with Gasteiger partial charge in [0.1, 0.15) is 0 Å². The largest absolute Gasteiger partial charge is 0.325 e. The maximum absolute atomic E-state index is 12.6. The van der Waals surface area contributed by atoms with Gasteiger partial charge in [-0.3, -0.25) is 9.79 Å². The van der Waals surface area contributed by atoms with E-state index in [4.69, 9.17) is 21.6 Å². The van der Waals surface area contributed by atoms with E-state index < -0.39 is 0 Å². The second-order valence-corrected chi connectivity index (χ2v) is 8.88. The molecule has 0 aromatic heterocycles. The topological polar surface area (TPSA) is 53.8 Å². The van der Waals surface area contributed by atoms with Crippen molar-refractivity contribution < 1.29 is 4.79 Å². The van der Waals surface area contributed by atoms with Crippen molar-refractivity contribution in [1.29, 1.82) is 0 Å². The Kier molecular flexibility index (Phi) is 6.54. The van der Waals surface area contributed by atoms with Crippen molar-refractivity contribution in [3.8, 4) is 0 Å². The Labute approximate surface area is 191 Å². The smallest absolute Gasteiger partial charge is 0.234 e. The molecule has 0 saturated heterocycles. The minimum absolute atomic E-state index is 0.0931. The molecule has 0 saturated carbocycles. The lowest BCUT2D eigenvalue weighted by Gasteiger charge is -2.10. The van der Waals surface area contributed by atoms with Gasteiger partial charge >= 0.3 is 0 Å². The molecule has 4 rings (SSSR count). The number of benzene rings is 3. The second kappa shape index (κ2) is 9.50. The number of nitrogens with one attached hydrogen (secondary N) is 1. The zero-order chi connectivity index (χ0) is 21.8. The Morgan fingerprint density at radius 2 is 1.71 bits per heavy atom. The monoisotopic (exact) mass is 447 g/mol. The highest BCUT2D eigenvalue weighted by molar-refractivity contribution is 8.14. The van der Waals surface area contributed by atoms with Crippen LogP contribution in [0.5, 0.6) is 0 Å². The summed E-state index contributed by atoms with van der Waals surface area (Å²) in [6.07, 6.45) is 0.575. The first-order valence-electron chi connectivity index (χ1n) is 9.98. The molecule has 0 radical (unpaired) electrons. The van der Waals surface area contributed by atoms with Crippen LogP contribution in [0.1, 0.15) is 23.1 Å². The van der Waals surface area contributed by atoms with Crippen LogP contribution in [0.15, 0.2) is 76.7 Å². The summed E-state index contributed by atoms with van der Waals surface area (Å²) in [6.45, 7) is 4.01. The summed E-state index contributed by atoms with van der Waals surface area (Å²) in [6, 6.07) is 21.6. The molecule has 1 amide bonds. The summed E-state index contributed by atoms with van der Waals surface area (Å²) in [5, 5.41) is 4.40. The maximum Gasteiger partial charge on any atom is 0.234 e. The molecular formula is C25H22ClN3OS. The molecule has 156 valence electrons. The Balaban J connectivity index is 1.53. The number of halogens is 1. The first-order valence-corrected chi connectivity index (χ1v) is 11.3. The van der Waals surface area contributed by atoms with Crippen LogP contribution < -0.4 is 5.32 Å². The normalized spacial score (nSPS) is 13.0. The predicted molar refractivity (Wildman–Crippen MR) is 133 cm³/mol. The Morgan fingerprint density at radius 3 is 2.45 bits per heavy atom. The Bertz CT molecular complexity index is 1190. The van der Waals surface area contributed by atoms with Gasteiger partial charge in [-0.2, -0.15) is 0 Å². The summed E-state index contributed by atoms with van der Waals surface area (Å²) in [7, 11) is 0. The average Bonchev–Trinajstić information content (AvgIpc) is 2.94. The van der Waals surface area contributed by atoms with E-state index in [0.717, 1.165) is 38.9 Å². The third-order valence-electron chi connectivity index (χ3n) is 4.93. The van der Waals surface area contributed by atoms with Crippen molar-refractivity contribution in [1.82, 2.24) is 0 Å². The number of carbonyl (C=O) groups excluding carboxylic acids is 1. The molecule has 4 nitrogen and oxygen atoms in total. The molecule has 1 aliphatic heterocycles. The van der Waals surface area contributed by atoms with Crippen LogP contribution in [0.2, 0.25) is 5.02 Å². The van der Waals surface area contributed by atoms with E-state index in [-0.39, 0.29) is 11.7 Å².